The molecule has 0 spiro atoms. The van der Waals surface area contributed by atoms with Crippen LogP contribution in [0.5, 0.6) is 5.75 Å². The number of hydrogen-bond donors (Lipinski definition) is 2. The minimum atomic E-state index is 0. The van der Waals surface area contributed by atoms with E-state index in [1.165, 1.54) is 24.9 Å². The van der Waals surface area contributed by atoms with Crippen molar-refractivity contribution in [3.63, 3.8) is 0 Å². The largest absolute Gasteiger partial charge is 0.492 e. The molecular formula is C17H29IN4O. The summed E-state index contributed by atoms with van der Waals surface area (Å²) in [4.78, 5) is 6.92. The van der Waals surface area contributed by atoms with Crippen LogP contribution in [0.4, 0.5) is 0 Å². The lowest BCUT2D eigenvalue weighted by molar-refractivity contribution is 0.273. The van der Waals surface area contributed by atoms with Gasteiger partial charge in [0, 0.05) is 6.04 Å². The molecule has 0 amide bonds. The van der Waals surface area contributed by atoms with E-state index in [-0.39, 0.29) is 24.0 Å². The molecular weight excluding hydrogens is 403 g/mol. The molecule has 0 aliphatic carbocycles. The zero-order valence-electron chi connectivity index (χ0n) is 14.1. The van der Waals surface area contributed by atoms with Crippen molar-refractivity contribution in [3.8, 4) is 5.75 Å². The first-order valence-electron chi connectivity index (χ1n) is 8.16. The van der Waals surface area contributed by atoms with Crippen molar-refractivity contribution in [2.24, 2.45) is 10.7 Å². The van der Waals surface area contributed by atoms with E-state index in [9.17, 15) is 0 Å². The highest BCUT2D eigenvalue weighted by Crippen LogP contribution is 2.16. The number of nitrogens with zero attached hydrogens (tertiary/aromatic N) is 2. The zero-order chi connectivity index (χ0) is 15.8. The van der Waals surface area contributed by atoms with Gasteiger partial charge in [0.25, 0.3) is 0 Å². The minimum Gasteiger partial charge on any atom is -0.492 e. The molecule has 1 aromatic rings. The molecule has 6 heteroatoms. The lowest BCUT2D eigenvalue weighted by atomic mass is 10.2. The molecule has 23 heavy (non-hydrogen) atoms. The van der Waals surface area contributed by atoms with Gasteiger partial charge in [-0.05, 0) is 50.6 Å². The highest BCUT2D eigenvalue weighted by atomic mass is 127. The van der Waals surface area contributed by atoms with Crippen LogP contribution >= 0.6 is 24.0 Å². The molecule has 1 saturated heterocycles. The van der Waals surface area contributed by atoms with E-state index >= 15 is 0 Å². The molecule has 1 heterocycles. The third-order valence-corrected chi connectivity index (χ3v) is 4.04. The normalized spacial score (nSPS) is 18.5. The predicted octanol–water partition coefficient (Wildman–Crippen LogP) is 2.38. The fourth-order valence-corrected chi connectivity index (χ4v) is 2.83. The van der Waals surface area contributed by atoms with Crippen molar-refractivity contribution in [1.82, 2.24) is 10.2 Å². The van der Waals surface area contributed by atoms with Crippen LogP contribution in [0.25, 0.3) is 0 Å². The molecule has 1 aliphatic rings. The second-order valence-electron chi connectivity index (χ2n) is 5.74. The van der Waals surface area contributed by atoms with E-state index in [0.717, 1.165) is 18.8 Å². The Bertz CT molecular complexity index is 495. The molecule has 3 N–H and O–H groups in total. The Morgan fingerprint density at radius 2 is 2.30 bits per heavy atom. The quantitative estimate of drug-likeness (QED) is 0.301. The van der Waals surface area contributed by atoms with Crippen molar-refractivity contribution in [2.45, 2.75) is 32.7 Å². The van der Waals surface area contributed by atoms with E-state index in [4.69, 9.17) is 10.5 Å². The van der Waals surface area contributed by atoms with Crippen molar-refractivity contribution in [1.29, 1.82) is 0 Å². The topological polar surface area (TPSA) is 62.9 Å². The van der Waals surface area contributed by atoms with Crippen LogP contribution in [-0.2, 0) is 0 Å². The molecule has 0 radical (unpaired) electrons. The second kappa shape index (κ2) is 10.7. The maximum Gasteiger partial charge on any atom is 0.188 e. The fraction of sp³-hybridized carbons (Fsp3) is 0.588. The molecule has 2 rings (SSSR count). The SMILES string of the molecule is CCN1CCCC1CN=C(N)NCCOc1cccc(C)c1.I. The third kappa shape index (κ3) is 6.95. The van der Waals surface area contributed by atoms with Gasteiger partial charge in [-0.2, -0.15) is 0 Å². The molecule has 130 valence electrons. The second-order valence-corrected chi connectivity index (χ2v) is 5.74. The highest BCUT2D eigenvalue weighted by Gasteiger charge is 2.22. The van der Waals surface area contributed by atoms with Crippen LogP contribution in [0.3, 0.4) is 0 Å². The van der Waals surface area contributed by atoms with E-state index < -0.39 is 0 Å². The van der Waals surface area contributed by atoms with Crippen LogP contribution in [0, 0.1) is 6.92 Å². The Labute approximate surface area is 156 Å². The van der Waals surface area contributed by atoms with Crippen LogP contribution in [0.1, 0.15) is 25.3 Å². The molecule has 1 aliphatic heterocycles. The van der Waals surface area contributed by atoms with Gasteiger partial charge < -0.3 is 15.8 Å². The van der Waals surface area contributed by atoms with E-state index in [0.29, 0.717) is 25.2 Å². The van der Waals surface area contributed by atoms with Gasteiger partial charge in [0.2, 0.25) is 0 Å². The molecule has 1 unspecified atom stereocenters. The average Bonchev–Trinajstić information content (AvgIpc) is 2.97. The van der Waals surface area contributed by atoms with Crippen molar-refractivity contribution in [2.75, 3.05) is 32.8 Å². The van der Waals surface area contributed by atoms with Crippen LogP contribution in [-0.4, -0.2) is 49.7 Å². The maximum absolute atomic E-state index is 5.91. The molecule has 1 aromatic carbocycles. The highest BCUT2D eigenvalue weighted by molar-refractivity contribution is 14.0. The molecule has 1 atom stereocenters. The monoisotopic (exact) mass is 432 g/mol. The van der Waals surface area contributed by atoms with E-state index in [1.807, 2.05) is 18.2 Å². The Hall–Kier alpha value is -1.02. The molecule has 5 nitrogen and oxygen atoms in total. The van der Waals surface area contributed by atoms with Crippen LogP contribution in [0.15, 0.2) is 29.3 Å². The number of aliphatic imine (C=N–C) groups is 1. The first kappa shape index (κ1) is 20.0. The van der Waals surface area contributed by atoms with Crippen molar-refractivity contribution in [3.05, 3.63) is 29.8 Å². The number of nitrogens with one attached hydrogen (secondary N) is 1. The summed E-state index contributed by atoms with van der Waals surface area (Å²) in [6, 6.07) is 8.59. The number of halogens is 1. The van der Waals surface area contributed by atoms with E-state index in [1.54, 1.807) is 0 Å². The summed E-state index contributed by atoms with van der Waals surface area (Å²) in [6.07, 6.45) is 2.49. The standard InChI is InChI=1S/C17H28N4O.HI/c1-3-21-10-5-7-15(21)13-20-17(18)19-9-11-22-16-8-4-6-14(2)12-16;/h4,6,8,12,15H,3,5,7,9-11,13H2,1-2H3,(H3,18,19,20);1H. The lowest BCUT2D eigenvalue weighted by Crippen LogP contribution is -2.37. The van der Waals surface area contributed by atoms with Gasteiger partial charge in [-0.25, -0.2) is 0 Å². The maximum atomic E-state index is 5.91. The van der Waals surface area contributed by atoms with Gasteiger partial charge in [0.05, 0.1) is 13.1 Å². The summed E-state index contributed by atoms with van der Waals surface area (Å²) in [5.41, 5.74) is 7.10. The number of benzene rings is 1. The molecule has 0 saturated carbocycles. The summed E-state index contributed by atoms with van der Waals surface area (Å²) < 4.78 is 5.67. The Morgan fingerprint density at radius 1 is 1.48 bits per heavy atom. The summed E-state index contributed by atoms with van der Waals surface area (Å²) in [5, 5.41) is 3.11. The zero-order valence-corrected chi connectivity index (χ0v) is 16.5. The first-order chi connectivity index (χ1) is 10.7. The van der Waals surface area contributed by atoms with Gasteiger partial charge in [-0.1, -0.05) is 19.1 Å². The fourth-order valence-electron chi connectivity index (χ4n) is 2.83. The predicted molar refractivity (Wildman–Crippen MR) is 107 cm³/mol. The van der Waals surface area contributed by atoms with Crippen LogP contribution < -0.4 is 15.8 Å². The molecule has 1 fully saturated rings. The average molecular weight is 432 g/mol. The number of nitrogens with two attached hydrogens (primary N) is 1. The first-order valence-corrected chi connectivity index (χ1v) is 8.16. The van der Waals surface area contributed by atoms with Gasteiger partial charge in [0.15, 0.2) is 5.96 Å². The number of aryl methyl sites for hydroxylation is 1. The number of ether oxygens (including phenoxy) is 1. The Kier molecular flexibility index (Phi) is 9.31. The van der Waals surface area contributed by atoms with Crippen LogP contribution in [0.2, 0.25) is 0 Å². The minimum absolute atomic E-state index is 0. The lowest BCUT2D eigenvalue weighted by Gasteiger charge is -2.20. The number of likely N-dealkylation sites (tertiary alicyclic amines) is 1. The van der Waals surface area contributed by atoms with Gasteiger partial charge in [-0.3, -0.25) is 9.89 Å². The van der Waals surface area contributed by atoms with Crippen molar-refractivity contribution >= 4 is 29.9 Å². The number of hydrogen-bond acceptors (Lipinski definition) is 3. The summed E-state index contributed by atoms with van der Waals surface area (Å²) in [7, 11) is 0. The number of guanidine groups is 1. The Morgan fingerprint density at radius 3 is 3.04 bits per heavy atom. The summed E-state index contributed by atoms with van der Waals surface area (Å²) in [6.45, 7) is 8.55. The molecule has 0 aromatic heterocycles. The van der Waals surface area contributed by atoms with Gasteiger partial charge >= 0.3 is 0 Å². The third-order valence-electron chi connectivity index (χ3n) is 4.04. The smallest absolute Gasteiger partial charge is 0.188 e. The van der Waals surface area contributed by atoms with Gasteiger partial charge in [0.1, 0.15) is 12.4 Å². The summed E-state index contributed by atoms with van der Waals surface area (Å²) in [5.74, 6) is 1.40. The number of rotatable bonds is 7. The van der Waals surface area contributed by atoms with E-state index in [2.05, 4.69) is 35.1 Å². The molecule has 0 bridgehead atoms. The number of likely N-dealkylation sites (N-methyl/N-ethyl adjacent to an activating group) is 1. The Balaban J connectivity index is 0.00000264. The summed E-state index contributed by atoms with van der Waals surface area (Å²) >= 11 is 0. The van der Waals surface area contributed by atoms with Crippen molar-refractivity contribution < 1.29 is 4.74 Å². The van der Waals surface area contributed by atoms with Gasteiger partial charge in [-0.15, -0.1) is 24.0 Å².